The van der Waals surface area contributed by atoms with Gasteiger partial charge >= 0.3 is 0 Å². The second kappa shape index (κ2) is 6.76. The Hall–Kier alpha value is -3.54. The van der Waals surface area contributed by atoms with E-state index in [2.05, 4.69) is 20.3 Å². The van der Waals surface area contributed by atoms with Crippen LogP contribution in [0, 0.1) is 0 Å². The summed E-state index contributed by atoms with van der Waals surface area (Å²) in [7, 11) is 3.52. The van der Waals surface area contributed by atoms with Crippen molar-refractivity contribution in [2.45, 2.75) is 0 Å². The first-order valence-corrected chi connectivity index (χ1v) is 8.19. The highest BCUT2D eigenvalue weighted by molar-refractivity contribution is 5.93. The van der Waals surface area contributed by atoms with Crippen LogP contribution < -0.4 is 10.1 Å². The number of hydrogen-bond donors (Lipinski definition) is 1. The maximum absolute atomic E-state index is 5.49. The SMILES string of the molecule is CNc1nc(-c2cnccn2)nc2cc(-c3ccccc3OC)ccc12. The Morgan fingerprint density at radius 3 is 2.65 bits per heavy atom. The van der Waals surface area contributed by atoms with E-state index in [1.165, 1.54) is 0 Å². The summed E-state index contributed by atoms with van der Waals surface area (Å²) < 4.78 is 5.49. The monoisotopic (exact) mass is 343 g/mol. The Kier molecular flexibility index (Phi) is 4.15. The van der Waals surface area contributed by atoms with Crippen LogP contribution in [-0.2, 0) is 0 Å². The summed E-state index contributed by atoms with van der Waals surface area (Å²) in [6, 6.07) is 14.0. The first-order chi connectivity index (χ1) is 12.8. The first kappa shape index (κ1) is 16.0. The molecule has 4 rings (SSSR count). The lowest BCUT2D eigenvalue weighted by atomic mass is 10.0. The van der Waals surface area contributed by atoms with Crippen molar-refractivity contribution >= 4 is 16.7 Å². The molecular weight excluding hydrogens is 326 g/mol. The first-order valence-electron chi connectivity index (χ1n) is 8.19. The van der Waals surface area contributed by atoms with Crippen LogP contribution in [-0.4, -0.2) is 34.1 Å². The number of nitrogens with zero attached hydrogens (tertiary/aromatic N) is 4. The molecule has 1 N–H and O–H groups in total. The molecule has 0 aliphatic rings. The van der Waals surface area contributed by atoms with Gasteiger partial charge in [0.25, 0.3) is 0 Å². The second-order valence-corrected chi connectivity index (χ2v) is 5.67. The van der Waals surface area contributed by atoms with Crippen LogP contribution in [0.15, 0.2) is 61.1 Å². The molecule has 2 heterocycles. The lowest BCUT2D eigenvalue weighted by Crippen LogP contribution is -2.00. The number of nitrogens with one attached hydrogen (secondary N) is 1. The maximum atomic E-state index is 5.49. The lowest BCUT2D eigenvalue weighted by molar-refractivity contribution is 0.416. The highest BCUT2D eigenvalue weighted by Crippen LogP contribution is 2.33. The summed E-state index contributed by atoms with van der Waals surface area (Å²) in [6.07, 6.45) is 4.92. The molecule has 6 nitrogen and oxygen atoms in total. The van der Waals surface area contributed by atoms with Crippen molar-refractivity contribution in [1.82, 2.24) is 19.9 Å². The number of fused-ring (bicyclic) bond motifs is 1. The molecule has 26 heavy (non-hydrogen) atoms. The molecule has 0 radical (unpaired) electrons. The number of aromatic nitrogens is 4. The Morgan fingerprint density at radius 1 is 1.00 bits per heavy atom. The van der Waals surface area contributed by atoms with Crippen LogP contribution in [0.3, 0.4) is 0 Å². The van der Waals surface area contributed by atoms with E-state index in [1.54, 1.807) is 25.7 Å². The van der Waals surface area contributed by atoms with E-state index >= 15 is 0 Å². The van der Waals surface area contributed by atoms with E-state index in [-0.39, 0.29) is 0 Å². The average Bonchev–Trinajstić information content (AvgIpc) is 2.73. The van der Waals surface area contributed by atoms with Crippen molar-refractivity contribution in [1.29, 1.82) is 0 Å². The van der Waals surface area contributed by atoms with Gasteiger partial charge in [0.05, 0.1) is 18.8 Å². The Morgan fingerprint density at radius 2 is 1.88 bits per heavy atom. The van der Waals surface area contributed by atoms with Gasteiger partial charge in [-0.3, -0.25) is 4.98 Å². The topological polar surface area (TPSA) is 72.8 Å². The summed E-state index contributed by atoms with van der Waals surface area (Å²) in [5.41, 5.74) is 3.50. The predicted molar refractivity (Wildman–Crippen MR) is 102 cm³/mol. The fraction of sp³-hybridized carbons (Fsp3) is 0.100. The van der Waals surface area contributed by atoms with Crippen molar-refractivity contribution in [3.63, 3.8) is 0 Å². The van der Waals surface area contributed by atoms with E-state index < -0.39 is 0 Å². The summed E-state index contributed by atoms with van der Waals surface area (Å²) in [5.74, 6) is 2.11. The molecule has 0 atom stereocenters. The smallest absolute Gasteiger partial charge is 0.182 e. The quantitative estimate of drug-likeness (QED) is 0.607. The molecule has 0 amide bonds. The number of benzene rings is 2. The molecule has 0 fully saturated rings. The zero-order valence-corrected chi connectivity index (χ0v) is 14.5. The van der Waals surface area contributed by atoms with Gasteiger partial charge in [0.15, 0.2) is 5.82 Å². The lowest BCUT2D eigenvalue weighted by Gasteiger charge is -2.11. The largest absolute Gasteiger partial charge is 0.496 e. The molecule has 128 valence electrons. The van der Waals surface area contributed by atoms with E-state index in [1.807, 2.05) is 49.5 Å². The van der Waals surface area contributed by atoms with Gasteiger partial charge in [0, 0.05) is 30.4 Å². The van der Waals surface area contributed by atoms with Crippen LogP contribution >= 0.6 is 0 Å². The molecule has 0 aliphatic carbocycles. The molecule has 2 aromatic heterocycles. The van der Waals surface area contributed by atoms with Crippen molar-refractivity contribution in [2.24, 2.45) is 0 Å². The molecular formula is C20H17N5O. The molecule has 4 aromatic rings. The highest BCUT2D eigenvalue weighted by atomic mass is 16.5. The van der Waals surface area contributed by atoms with Crippen LogP contribution in [0.25, 0.3) is 33.5 Å². The van der Waals surface area contributed by atoms with Crippen molar-refractivity contribution in [3.8, 4) is 28.4 Å². The minimum Gasteiger partial charge on any atom is -0.496 e. The van der Waals surface area contributed by atoms with Gasteiger partial charge in [0.2, 0.25) is 0 Å². The summed E-state index contributed by atoms with van der Waals surface area (Å²) in [6.45, 7) is 0. The summed E-state index contributed by atoms with van der Waals surface area (Å²) >= 11 is 0. The third kappa shape index (κ3) is 2.82. The fourth-order valence-electron chi connectivity index (χ4n) is 2.90. The van der Waals surface area contributed by atoms with Crippen molar-refractivity contribution in [3.05, 3.63) is 61.1 Å². The number of ether oxygens (including phenoxy) is 1. The van der Waals surface area contributed by atoms with Gasteiger partial charge in [-0.25, -0.2) is 15.0 Å². The molecule has 0 spiro atoms. The molecule has 0 bridgehead atoms. The number of anilines is 1. The van der Waals surface area contributed by atoms with Crippen molar-refractivity contribution < 1.29 is 4.74 Å². The van der Waals surface area contributed by atoms with E-state index in [0.29, 0.717) is 11.5 Å². The van der Waals surface area contributed by atoms with E-state index in [0.717, 1.165) is 33.6 Å². The Labute approximate surface area is 150 Å². The molecule has 0 aliphatic heterocycles. The fourth-order valence-corrected chi connectivity index (χ4v) is 2.90. The van der Waals surface area contributed by atoms with Gasteiger partial charge in [-0.05, 0) is 23.8 Å². The summed E-state index contributed by atoms with van der Waals surface area (Å²) in [5, 5.41) is 4.08. The van der Waals surface area contributed by atoms with Gasteiger partial charge in [0.1, 0.15) is 17.3 Å². The Balaban J connectivity index is 1.92. The zero-order valence-electron chi connectivity index (χ0n) is 14.5. The normalized spacial score (nSPS) is 10.7. The summed E-state index contributed by atoms with van der Waals surface area (Å²) in [4.78, 5) is 17.7. The minimum absolute atomic E-state index is 0.534. The van der Waals surface area contributed by atoms with Gasteiger partial charge < -0.3 is 10.1 Å². The van der Waals surface area contributed by atoms with E-state index in [4.69, 9.17) is 9.72 Å². The highest BCUT2D eigenvalue weighted by Gasteiger charge is 2.12. The van der Waals surface area contributed by atoms with Crippen LogP contribution in [0.5, 0.6) is 5.75 Å². The molecule has 2 aromatic carbocycles. The van der Waals surface area contributed by atoms with Crippen LogP contribution in [0.1, 0.15) is 0 Å². The predicted octanol–water partition coefficient (Wildman–Crippen LogP) is 3.80. The standard InChI is InChI=1S/C20H17N5O/c1-21-19-15-8-7-13(14-5-3-4-6-18(14)26-2)11-16(15)24-20(25-19)17-12-22-9-10-23-17/h3-12H,1-2H3,(H,21,24,25). The number of hydrogen-bond acceptors (Lipinski definition) is 6. The maximum Gasteiger partial charge on any atom is 0.182 e. The third-order valence-corrected chi connectivity index (χ3v) is 4.14. The molecule has 0 saturated carbocycles. The molecule has 0 saturated heterocycles. The van der Waals surface area contributed by atoms with Crippen LogP contribution in [0.2, 0.25) is 0 Å². The van der Waals surface area contributed by atoms with E-state index in [9.17, 15) is 0 Å². The third-order valence-electron chi connectivity index (χ3n) is 4.14. The average molecular weight is 343 g/mol. The number of rotatable bonds is 4. The molecule has 6 heteroatoms. The number of methoxy groups -OCH3 is 1. The zero-order chi connectivity index (χ0) is 17.9. The van der Waals surface area contributed by atoms with Gasteiger partial charge in [-0.15, -0.1) is 0 Å². The van der Waals surface area contributed by atoms with Gasteiger partial charge in [-0.1, -0.05) is 24.3 Å². The van der Waals surface area contributed by atoms with Crippen LogP contribution in [0.4, 0.5) is 5.82 Å². The number of para-hydroxylation sites is 1. The minimum atomic E-state index is 0.534. The van der Waals surface area contributed by atoms with Crippen molar-refractivity contribution in [2.75, 3.05) is 19.5 Å². The second-order valence-electron chi connectivity index (χ2n) is 5.67. The Bertz CT molecular complexity index is 1070. The van der Waals surface area contributed by atoms with Gasteiger partial charge in [-0.2, -0.15) is 0 Å². The molecule has 0 unspecified atom stereocenters.